The van der Waals surface area contributed by atoms with Crippen LogP contribution in [-0.4, -0.2) is 18.2 Å². The maximum atomic E-state index is 12.5. The summed E-state index contributed by atoms with van der Waals surface area (Å²) in [6, 6.07) is 19.0. The maximum Gasteiger partial charge on any atom is 0.264 e. The third-order valence-electron chi connectivity index (χ3n) is 4.76. The minimum atomic E-state index is -0.206. The van der Waals surface area contributed by atoms with Crippen molar-refractivity contribution in [2.75, 3.05) is 7.11 Å². The molecule has 0 atom stereocenters. The first kappa shape index (κ1) is 23.4. The van der Waals surface area contributed by atoms with Gasteiger partial charge in [-0.05, 0) is 88.2 Å². The molecule has 0 unspecified atom stereocenters. The van der Waals surface area contributed by atoms with E-state index in [2.05, 4.69) is 38.4 Å². The lowest BCUT2D eigenvalue weighted by Gasteiger charge is -2.14. The van der Waals surface area contributed by atoms with Gasteiger partial charge in [0.2, 0.25) is 0 Å². The second-order valence-electron chi connectivity index (χ2n) is 7.27. The number of aliphatic imine (C=N–C) groups is 1. The Bertz CT molecular complexity index is 1240. The predicted molar refractivity (Wildman–Crippen MR) is 138 cm³/mol. The summed E-state index contributed by atoms with van der Waals surface area (Å²) in [7, 11) is 1.59. The molecule has 1 saturated heterocycles. The van der Waals surface area contributed by atoms with Crippen LogP contribution in [0.4, 0.5) is 5.69 Å². The Morgan fingerprint density at radius 1 is 1.12 bits per heavy atom. The molecule has 1 amide bonds. The zero-order chi connectivity index (χ0) is 23.4. The molecule has 0 radical (unpaired) electrons. The number of carbonyl (C=O) groups excluding carboxylic acids is 1. The van der Waals surface area contributed by atoms with Gasteiger partial charge in [-0.15, -0.1) is 0 Å². The van der Waals surface area contributed by atoms with Crippen LogP contribution >= 0.6 is 39.3 Å². The third-order valence-corrected chi connectivity index (χ3v) is 6.51. The van der Waals surface area contributed by atoms with Gasteiger partial charge in [0.05, 0.1) is 22.2 Å². The lowest BCUT2D eigenvalue weighted by Crippen LogP contribution is -2.19. The number of nitrogens with one attached hydrogen (secondary N) is 1. The van der Waals surface area contributed by atoms with E-state index in [0.717, 1.165) is 15.6 Å². The van der Waals surface area contributed by atoms with Gasteiger partial charge in [0.15, 0.2) is 16.7 Å². The largest absolute Gasteiger partial charge is 0.493 e. The van der Waals surface area contributed by atoms with Crippen LogP contribution in [0.2, 0.25) is 5.02 Å². The topological polar surface area (TPSA) is 59.9 Å². The van der Waals surface area contributed by atoms with Crippen LogP contribution in [0.3, 0.4) is 0 Å². The Labute approximate surface area is 210 Å². The van der Waals surface area contributed by atoms with Crippen LogP contribution in [0.5, 0.6) is 11.5 Å². The number of rotatable bonds is 6. The summed E-state index contributed by atoms with van der Waals surface area (Å²) < 4.78 is 12.3. The summed E-state index contributed by atoms with van der Waals surface area (Å²) in [5, 5.41) is 3.93. The van der Waals surface area contributed by atoms with Crippen molar-refractivity contribution in [1.29, 1.82) is 0 Å². The molecule has 1 aliphatic rings. The molecule has 4 rings (SSSR count). The molecule has 33 heavy (non-hydrogen) atoms. The average Bonchev–Trinajstić information content (AvgIpc) is 3.13. The van der Waals surface area contributed by atoms with Gasteiger partial charge in [-0.1, -0.05) is 41.4 Å². The fourth-order valence-electron chi connectivity index (χ4n) is 3.07. The SMILES string of the molecule is COc1cc(/C=C2\SC(=Nc3ccc(Cl)cc3)NC2=O)cc(Br)c1OCc1ccc(C)cc1. The van der Waals surface area contributed by atoms with Gasteiger partial charge >= 0.3 is 0 Å². The molecule has 5 nitrogen and oxygen atoms in total. The Balaban J connectivity index is 1.52. The zero-order valence-corrected chi connectivity index (χ0v) is 21.1. The molecule has 1 N–H and O–H groups in total. The molecule has 3 aromatic carbocycles. The van der Waals surface area contributed by atoms with Gasteiger partial charge < -0.3 is 14.8 Å². The number of nitrogens with zero attached hydrogens (tertiary/aromatic N) is 1. The summed E-state index contributed by atoms with van der Waals surface area (Å²) in [4.78, 5) is 17.4. The highest BCUT2D eigenvalue weighted by Gasteiger charge is 2.24. The van der Waals surface area contributed by atoms with Gasteiger partial charge in [-0.2, -0.15) is 0 Å². The van der Waals surface area contributed by atoms with Gasteiger partial charge in [-0.25, -0.2) is 4.99 Å². The molecule has 8 heteroatoms. The number of carbonyl (C=O) groups is 1. The summed E-state index contributed by atoms with van der Waals surface area (Å²) in [6.07, 6.45) is 1.79. The third kappa shape index (κ3) is 5.99. The number of halogens is 2. The van der Waals surface area contributed by atoms with Crippen molar-refractivity contribution in [1.82, 2.24) is 5.32 Å². The molecule has 3 aromatic rings. The molecule has 0 aliphatic carbocycles. The summed E-state index contributed by atoms with van der Waals surface area (Å²) >= 11 is 10.8. The van der Waals surface area contributed by atoms with Crippen LogP contribution in [0.15, 0.2) is 75.0 Å². The number of amides is 1. The number of ether oxygens (including phenoxy) is 2. The molecule has 0 aromatic heterocycles. The predicted octanol–water partition coefficient (Wildman–Crippen LogP) is 6.89. The maximum absolute atomic E-state index is 12.5. The van der Waals surface area contributed by atoms with Crippen LogP contribution in [0.1, 0.15) is 16.7 Å². The first-order valence-corrected chi connectivity index (χ1v) is 12.0. The van der Waals surface area contributed by atoms with E-state index in [1.54, 1.807) is 37.5 Å². The first-order valence-electron chi connectivity index (χ1n) is 10.0. The quantitative estimate of drug-likeness (QED) is 0.344. The van der Waals surface area contributed by atoms with E-state index in [-0.39, 0.29) is 5.91 Å². The minimum absolute atomic E-state index is 0.206. The van der Waals surface area contributed by atoms with Crippen LogP contribution < -0.4 is 14.8 Å². The first-order chi connectivity index (χ1) is 15.9. The number of hydrogen-bond donors (Lipinski definition) is 1. The van der Waals surface area contributed by atoms with E-state index in [1.165, 1.54) is 17.3 Å². The summed E-state index contributed by atoms with van der Waals surface area (Å²) in [5.74, 6) is 0.970. The zero-order valence-electron chi connectivity index (χ0n) is 17.9. The number of aryl methyl sites for hydroxylation is 1. The van der Waals surface area contributed by atoms with E-state index in [1.807, 2.05) is 31.2 Å². The van der Waals surface area contributed by atoms with Crippen LogP contribution in [0.25, 0.3) is 6.08 Å². The Hall–Kier alpha value is -2.74. The highest BCUT2D eigenvalue weighted by Crippen LogP contribution is 2.39. The van der Waals surface area contributed by atoms with Crippen molar-refractivity contribution in [2.45, 2.75) is 13.5 Å². The Morgan fingerprint density at radius 2 is 1.85 bits per heavy atom. The highest BCUT2D eigenvalue weighted by atomic mass is 79.9. The van der Waals surface area contributed by atoms with Gasteiger partial charge in [0.1, 0.15) is 6.61 Å². The van der Waals surface area contributed by atoms with E-state index >= 15 is 0 Å². The van der Waals surface area contributed by atoms with Crippen molar-refractivity contribution in [3.8, 4) is 11.5 Å². The lowest BCUT2D eigenvalue weighted by molar-refractivity contribution is -0.115. The second kappa shape index (κ2) is 10.5. The lowest BCUT2D eigenvalue weighted by atomic mass is 10.1. The molecule has 1 heterocycles. The standard InChI is InChI=1S/C25H20BrClN2O3S/c1-15-3-5-16(6-4-15)14-32-23-20(26)11-17(12-21(23)31-2)13-22-24(30)29-25(33-22)28-19-9-7-18(27)8-10-19/h3-13H,14H2,1-2H3,(H,28,29,30)/b22-13-. The fourth-order valence-corrected chi connectivity index (χ4v) is 4.61. The molecule has 0 bridgehead atoms. The van der Waals surface area contributed by atoms with Crippen LogP contribution in [0, 0.1) is 6.92 Å². The van der Waals surface area contributed by atoms with Crippen molar-refractivity contribution in [2.24, 2.45) is 4.99 Å². The normalized spacial score (nSPS) is 15.7. The number of benzene rings is 3. The van der Waals surface area contributed by atoms with Gasteiger partial charge in [0.25, 0.3) is 5.91 Å². The van der Waals surface area contributed by atoms with E-state index in [0.29, 0.717) is 38.9 Å². The molecule has 0 saturated carbocycles. The number of thioether (sulfide) groups is 1. The van der Waals surface area contributed by atoms with Crippen molar-refractivity contribution in [3.05, 3.63) is 91.8 Å². The van der Waals surface area contributed by atoms with Crippen LogP contribution in [-0.2, 0) is 11.4 Å². The van der Waals surface area contributed by atoms with Crippen molar-refractivity contribution < 1.29 is 14.3 Å². The van der Waals surface area contributed by atoms with Crippen molar-refractivity contribution >= 4 is 62.1 Å². The van der Waals surface area contributed by atoms with E-state index < -0.39 is 0 Å². The molecular weight excluding hydrogens is 524 g/mol. The molecular formula is C25H20BrClN2O3S. The molecule has 0 spiro atoms. The highest BCUT2D eigenvalue weighted by molar-refractivity contribution is 9.10. The second-order valence-corrected chi connectivity index (χ2v) is 9.59. The summed E-state index contributed by atoms with van der Waals surface area (Å²) in [5.41, 5.74) is 3.77. The number of hydrogen-bond acceptors (Lipinski definition) is 5. The van der Waals surface area contributed by atoms with Gasteiger partial charge in [0, 0.05) is 5.02 Å². The van der Waals surface area contributed by atoms with Gasteiger partial charge in [-0.3, -0.25) is 4.79 Å². The monoisotopic (exact) mass is 542 g/mol. The number of amidine groups is 1. The van der Waals surface area contributed by atoms with Crippen molar-refractivity contribution in [3.63, 3.8) is 0 Å². The Kier molecular flexibility index (Phi) is 7.42. The molecule has 1 aliphatic heterocycles. The van der Waals surface area contributed by atoms with E-state index in [9.17, 15) is 4.79 Å². The van der Waals surface area contributed by atoms with E-state index in [4.69, 9.17) is 21.1 Å². The Morgan fingerprint density at radius 3 is 2.55 bits per heavy atom. The molecule has 1 fully saturated rings. The fraction of sp³-hybridized carbons (Fsp3) is 0.120. The average molecular weight is 544 g/mol. The summed E-state index contributed by atoms with van der Waals surface area (Å²) in [6.45, 7) is 2.46. The minimum Gasteiger partial charge on any atom is -0.493 e. The molecule has 168 valence electrons. The number of methoxy groups -OCH3 is 1. The smallest absolute Gasteiger partial charge is 0.264 e.